The number of carbonyl (C=O) groups excluding carboxylic acids is 3. The summed E-state index contributed by atoms with van der Waals surface area (Å²) in [7, 11) is 1.53. The normalized spacial score (nSPS) is 16.6. The molecule has 1 fully saturated rings. The SMILES string of the molecule is COCCNC(=O)CN1C(=O)S/C(=C\c2ccc(C)s2)C1=O. The molecular weight excluding hydrogens is 324 g/mol. The molecule has 1 aromatic heterocycles. The van der Waals surface area contributed by atoms with Crippen LogP contribution >= 0.6 is 23.1 Å². The molecule has 0 bridgehead atoms. The van der Waals surface area contributed by atoms with E-state index in [0.717, 1.165) is 26.4 Å². The maximum Gasteiger partial charge on any atom is 0.294 e. The first kappa shape index (κ1) is 16.7. The van der Waals surface area contributed by atoms with E-state index in [1.165, 1.54) is 7.11 Å². The van der Waals surface area contributed by atoms with E-state index in [4.69, 9.17) is 4.74 Å². The van der Waals surface area contributed by atoms with Crippen molar-refractivity contribution in [2.24, 2.45) is 0 Å². The van der Waals surface area contributed by atoms with E-state index in [9.17, 15) is 14.4 Å². The summed E-state index contributed by atoms with van der Waals surface area (Å²) in [6.45, 7) is 2.43. The summed E-state index contributed by atoms with van der Waals surface area (Å²) in [4.78, 5) is 39.1. The van der Waals surface area contributed by atoms with Gasteiger partial charge in [0.25, 0.3) is 11.1 Å². The number of nitrogens with zero attached hydrogens (tertiary/aromatic N) is 1. The minimum atomic E-state index is -0.428. The second-order valence-electron chi connectivity index (χ2n) is 4.56. The summed E-state index contributed by atoms with van der Waals surface area (Å²) in [5.41, 5.74) is 0. The van der Waals surface area contributed by atoms with Crippen molar-refractivity contribution in [3.8, 4) is 0 Å². The van der Waals surface area contributed by atoms with Crippen LogP contribution in [0.2, 0.25) is 0 Å². The Morgan fingerprint density at radius 1 is 1.41 bits per heavy atom. The summed E-state index contributed by atoms with van der Waals surface area (Å²) in [5, 5.41) is 2.16. The summed E-state index contributed by atoms with van der Waals surface area (Å²) in [6, 6.07) is 3.84. The van der Waals surface area contributed by atoms with Gasteiger partial charge in [-0.1, -0.05) is 0 Å². The average molecular weight is 340 g/mol. The molecule has 0 unspecified atom stereocenters. The Bertz CT molecular complexity index is 624. The first-order valence-electron chi connectivity index (χ1n) is 6.58. The van der Waals surface area contributed by atoms with Gasteiger partial charge in [0.1, 0.15) is 6.54 Å². The summed E-state index contributed by atoms with van der Waals surface area (Å²) >= 11 is 2.40. The van der Waals surface area contributed by atoms with Gasteiger partial charge in [0.05, 0.1) is 11.5 Å². The minimum Gasteiger partial charge on any atom is -0.383 e. The van der Waals surface area contributed by atoms with Gasteiger partial charge in [-0.25, -0.2) is 0 Å². The molecule has 3 amide bonds. The first-order chi connectivity index (χ1) is 10.5. The zero-order chi connectivity index (χ0) is 16.1. The van der Waals surface area contributed by atoms with Crippen LogP contribution in [0.5, 0.6) is 0 Å². The number of ether oxygens (including phenoxy) is 1. The van der Waals surface area contributed by atoms with Crippen LogP contribution in [0.1, 0.15) is 9.75 Å². The average Bonchev–Trinajstić information content (AvgIpc) is 2.98. The van der Waals surface area contributed by atoms with Crippen molar-refractivity contribution in [2.45, 2.75) is 6.92 Å². The highest BCUT2D eigenvalue weighted by Gasteiger charge is 2.36. The molecule has 1 aromatic rings. The Labute approximate surface area is 136 Å². The molecule has 2 heterocycles. The van der Waals surface area contributed by atoms with E-state index in [1.807, 2.05) is 19.1 Å². The Balaban J connectivity index is 1.99. The smallest absolute Gasteiger partial charge is 0.294 e. The largest absolute Gasteiger partial charge is 0.383 e. The molecule has 1 aliphatic heterocycles. The number of hydrogen-bond acceptors (Lipinski definition) is 6. The number of imide groups is 1. The lowest BCUT2D eigenvalue weighted by atomic mass is 10.3. The van der Waals surface area contributed by atoms with Gasteiger partial charge >= 0.3 is 0 Å². The zero-order valence-electron chi connectivity index (χ0n) is 12.3. The predicted molar refractivity (Wildman–Crippen MR) is 86.6 cm³/mol. The van der Waals surface area contributed by atoms with Gasteiger partial charge in [-0.2, -0.15) is 0 Å². The molecule has 2 rings (SSSR count). The highest BCUT2D eigenvalue weighted by molar-refractivity contribution is 8.18. The number of methoxy groups -OCH3 is 1. The van der Waals surface area contributed by atoms with Gasteiger partial charge in [0, 0.05) is 23.4 Å². The van der Waals surface area contributed by atoms with Gasteiger partial charge in [-0.3, -0.25) is 19.3 Å². The molecule has 1 aliphatic rings. The van der Waals surface area contributed by atoms with Crippen LogP contribution in [0.4, 0.5) is 4.79 Å². The fourth-order valence-corrected chi connectivity index (χ4v) is 3.51. The lowest BCUT2D eigenvalue weighted by Crippen LogP contribution is -2.40. The van der Waals surface area contributed by atoms with Crippen molar-refractivity contribution in [2.75, 3.05) is 26.8 Å². The molecule has 0 saturated carbocycles. The van der Waals surface area contributed by atoms with E-state index in [0.29, 0.717) is 18.1 Å². The van der Waals surface area contributed by atoms with Gasteiger partial charge < -0.3 is 10.1 Å². The molecule has 118 valence electrons. The number of rotatable bonds is 6. The Hall–Kier alpha value is -1.64. The van der Waals surface area contributed by atoms with Crippen molar-refractivity contribution in [1.82, 2.24) is 10.2 Å². The Kier molecular flexibility index (Phi) is 5.76. The van der Waals surface area contributed by atoms with E-state index in [2.05, 4.69) is 5.32 Å². The van der Waals surface area contributed by atoms with Crippen molar-refractivity contribution in [3.63, 3.8) is 0 Å². The standard InChI is InChI=1S/C14H16N2O4S2/c1-9-3-4-10(21-9)7-11-13(18)16(14(19)22-11)8-12(17)15-5-6-20-2/h3-4,7H,5-6,8H2,1-2H3,(H,15,17)/b11-7-. The van der Waals surface area contributed by atoms with Crippen LogP contribution in [0.15, 0.2) is 17.0 Å². The molecule has 0 radical (unpaired) electrons. The molecule has 1 N–H and O–H groups in total. The lowest BCUT2D eigenvalue weighted by molar-refractivity contribution is -0.129. The zero-order valence-corrected chi connectivity index (χ0v) is 13.9. The number of amides is 3. The third kappa shape index (κ3) is 4.19. The Morgan fingerprint density at radius 2 is 2.18 bits per heavy atom. The van der Waals surface area contributed by atoms with Crippen LogP contribution in [0, 0.1) is 6.92 Å². The van der Waals surface area contributed by atoms with Crippen LogP contribution in [-0.4, -0.2) is 48.8 Å². The molecule has 6 nitrogen and oxygen atoms in total. The predicted octanol–water partition coefficient (Wildman–Crippen LogP) is 1.86. The highest BCUT2D eigenvalue weighted by atomic mass is 32.2. The third-order valence-corrected chi connectivity index (χ3v) is 4.69. The van der Waals surface area contributed by atoms with Crippen molar-refractivity contribution in [3.05, 3.63) is 26.8 Å². The Morgan fingerprint density at radius 3 is 2.82 bits per heavy atom. The molecule has 0 aliphatic carbocycles. The number of carbonyl (C=O) groups is 3. The number of hydrogen-bond donors (Lipinski definition) is 1. The van der Waals surface area contributed by atoms with E-state index in [1.54, 1.807) is 17.4 Å². The molecule has 0 spiro atoms. The van der Waals surface area contributed by atoms with Gasteiger partial charge in [-0.05, 0) is 36.9 Å². The monoisotopic (exact) mass is 340 g/mol. The molecule has 1 saturated heterocycles. The van der Waals surface area contributed by atoms with E-state index < -0.39 is 11.1 Å². The van der Waals surface area contributed by atoms with Crippen LogP contribution in [-0.2, 0) is 14.3 Å². The third-order valence-electron chi connectivity index (χ3n) is 2.84. The second-order valence-corrected chi connectivity index (χ2v) is 6.87. The fourth-order valence-electron chi connectivity index (χ4n) is 1.79. The molecule has 22 heavy (non-hydrogen) atoms. The van der Waals surface area contributed by atoms with Gasteiger partial charge in [0.2, 0.25) is 5.91 Å². The fraction of sp³-hybridized carbons (Fsp3) is 0.357. The summed E-state index contributed by atoms with van der Waals surface area (Å²) in [5.74, 6) is -0.810. The maximum atomic E-state index is 12.2. The van der Waals surface area contributed by atoms with Crippen molar-refractivity contribution in [1.29, 1.82) is 0 Å². The minimum absolute atomic E-state index is 0.269. The quantitative estimate of drug-likeness (QED) is 0.632. The summed E-state index contributed by atoms with van der Waals surface area (Å²) < 4.78 is 4.82. The van der Waals surface area contributed by atoms with Crippen LogP contribution in [0.3, 0.4) is 0 Å². The molecule has 0 aromatic carbocycles. The molecular formula is C14H16N2O4S2. The van der Waals surface area contributed by atoms with Crippen LogP contribution in [0.25, 0.3) is 6.08 Å². The lowest BCUT2D eigenvalue weighted by Gasteiger charge is -2.12. The summed E-state index contributed by atoms with van der Waals surface area (Å²) in [6.07, 6.45) is 1.69. The van der Waals surface area contributed by atoms with Crippen molar-refractivity contribution < 1.29 is 19.1 Å². The van der Waals surface area contributed by atoms with E-state index in [-0.39, 0.29) is 12.5 Å². The topological polar surface area (TPSA) is 75.7 Å². The second kappa shape index (κ2) is 7.57. The number of aryl methyl sites for hydroxylation is 1. The number of nitrogens with one attached hydrogen (secondary N) is 1. The maximum absolute atomic E-state index is 12.2. The number of thiophene rings is 1. The van der Waals surface area contributed by atoms with Gasteiger partial charge in [-0.15, -0.1) is 11.3 Å². The molecule has 8 heteroatoms. The van der Waals surface area contributed by atoms with Crippen molar-refractivity contribution >= 4 is 46.2 Å². The highest BCUT2D eigenvalue weighted by Crippen LogP contribution is 2.33. The van der Waals surface area contributed by atoms with E-state index >= 15 is 0 Å². The van der Waals surface area contributed by atoms with Crippen LogP contribution < -0.4 is 5.32 Å². The molecule has 0 atom stereocenters. The van der Waals surface area contributed by atoms with Gasteiger partial charge in [0.15, 0.2) is 0 Å². The number of thioether (sulfide) groups is 1. The first-order valence-corrected chi connectivity index (χ1v) is 8.22.